The Morgan fingerprint density at radius 1 is 0.903 bits per heavy atom. The molecular weight excluding hydrogens is 418 g/mol. The number of anilines is 1. The van der Waals surface area contributed by atoms with Gasteiger partial charge in [0.25, 0.3) is 5.91 Å². The van der Waals surface area contributed by atoms with E-state index < -0.39 is 10.0 Å². The van der Waals surface area contributed by atoms with Crippen LogP contribution in [0.25, 0.3) is 0 Å². The summed E-state index contributed by atoms with van der Waals surface area (Å²) in [5, 5.41) is 2.77. The number of ether oxygens (including phenoxy) is 2. The van der Waals surface area contributed by atoms with Crippen LogP contribution in [-0.2, 0) is 10.0 Å². The first-order valence-electron chi connectivity index (χ1n) is 10.2. The van der Waals surface area contributed by atoms with Crippen molar-refractivity contribution in [3.63, 3.8) is 0 Å². The Bertz CT molecular complexity index is 954. The molecule has 0 aromatic heterocycles. The fourth-order valence-electron chi connectivity index (χ4n) is 3.45. The molecule has 31 heavy (non-hydrogen) atoms. The van der Waals surface area contributed by atoms with Gasteiger partial charge in [0.15, 0.2) is 0 Å². The minimum atomic E-state index is -3.35. The molecule has 2 aromatic carbocycles. The van der Waals surface area contributed by atoms with E-state index in [1.54, 1.807) is 38.5 Å². The average Bonchev–Trinajstić information content (AvgIpc) is 2.82. The lowest BCUT2D eigenvalue weighted by Gasteiger charge is -2.35. The lowest BCUT2D eigenvalue weighted by molar-refractivity contribution is 0.0953. The summed E-state index contributed by atoms with van der Waals surface area (Å²) in [4.78, 5) is 14.3. The van der Waals surface area contributed by atoms with Crippen LogP contribution >= 0.6 is 0 Å². The third kappa shape index (κ3) is 6.11. The molecule has 1 N–H and O–H groups in total. The van der Waals surface area contributed by atoms with Gasteiger partial charge in [-0.15, -0.1) is 0 Å². The Kier molecular flexibility index (Phi) is 7.75. The van der Waals surface area contributed by atoms with Crippen LogP contribution in [0.4, 0.5) is 5.69 Å². The Morgan fingerprint density at radius 2 is 1.45 bits per heavy atom. The molecule has 3 rings (SSSR count). The number of nitrogens with one attached hydrogen (secondary N) is 1. The molecule has 0 spiro atoms. The lowest BCUT2D eigenvalue weighted by Crippen LogP contribution is -2.49. The van der Waals surface area contributed by atoms with Crippen LogP contribution in [0, 0.1) is 0 Å². The summed E-state index contributed by atoms with van der Waals surface area (Å²) in [6, 6.07) is 14.5. The van der Waals surface area contributed by atoms with Crippen LogP contribution in [0.3, 0.4) is 0 Å². The van der Waals surface area contributed by atoms with E-state index in [1.165, 1.54) is 4.31 Å². The maximum absolute atomic E-state index is 12.7. The minimum Gasteiger partial charge on any atom is -0.497 e. The predicted octanol–water partition coefficient (Wildman–Crippen LogP) is 1.98. The molecule has 9 heteroatoms. The van der Waals surface area contributed by atoms with Gasteiger partial charge in [-0.25, -0.2) is 8.42 Å². The van der Waals surface area contributed by atoms with Gasteiger partial charge in [-0.05, 0) is 55.0 Å². The van der Waals surface area contributed by atoms with E-state index in [0.717, 1.165) is 11.4 Å². The van der Waals surface area contributed by atoms with E-state index in [4.69, 9.17) is 9.47 Å². The van der Waals surface area contributed by atoms with Crippen LogP contribution in [0.15, 0.2) is 48.5 Å². The molecular formula is C22H29N3O5S. The van der Waals surface area contributed by atoms with Crippen molar-refractivity contribution in [1.29, 1.82) is 0 Å². The van der Waals surface area contributed by atoms with E-state index in [0.29, 0.717) is 50.5 Å². The molecule has 1 fully saturated rings. The summed E-state index contributed by atoms with van der Waals surface area (Å²) < 4.78 is 37.1. The van der Waals surface area contributed by atoms with Gasteiger partial charge in [-0.1, -0.05) is 0 Å². The zero-order valence-electron chi connectivity index (χ0n) is 17.9. The van der Waals surface area contributed by atoms with Crippen molar-refractivity contribution in [2.45, 2.75) is 6.42 Å². The summed E-state index contributed by atoms with van der Waals surface area (Å²) in [5.74, 6) is 1.25. The summed E-state index contributed by atoms with van der Waals surface area (Å²) in [6.45, 7) is 2.48. The number of nitrogens with zero attached hydrogens (tertiary/aromatic N) is 2. The summed E-state index contributed by atoms with van der Waals surface area (Å²) in [7, 11) is -0.160. The number of amides is 1. The van der Waals surface area contributed by atoms with Gasteiger partial charge in [-0.2, -0.15) is 4.31 Å². The molecule has 0 radical (unpaired) electrons. The monoisotopic (exact) mass is 447 g/mol. The van der Waals surface area contributed by atoms with Crippen LogP contribution in [0.5, 0.6) is 11.5 Å². The minimum absolute atomic E-state index is 0.0123. The molecule has 1 amide bonds. The van der Waals surface area contributed by atoms with Crippen LogP contribution in [0.1, 0.15) is 16.8 Å². The molecule has 0 bridgehead atoms. The second kappa shape index (κ2) is 10.5. The summed E-state index contributed by atoms with van der Waals surface area (Å²) in [5.41, 5.74) is 1.57. The number of piperazine rings is 1. The number of hydrogen-bond donors (Lipinski definition) is 1. The SMILES string of the molecule is COc1ccc(C(=O)NCCCS(=O)(=O)N2CCN(c3ccc(OC)cc3)CC2)cc1. The number of sulfonamides is 1. The third-order valence-electron chi connectivity index (χ3n) is 5.29. The Hall–Kier alpha value is -2.78. The molecule has 1 saturated heterocycles. The van der Waals surface area contributed by atoms with Crippen molar-refractivity contribution in [1.82, 2.24) is 9.62 Å². The molecule has 1 aliphatic rings. The largest absolute Gasteiger partial charge is 0.497 e. The second-order valence-electron chi connectivity index (χ2n) is 7.24. The first kappa shape index (κ1) is 22.9. The first-order chi connectivity index (χ1) is 14.9. The molecule has 0 saturated carbocycles. The van der Waals surface area contributed by atoms with Crippen molar-refractivity contribution in [3.05, 3.63) is 54.1 Å². The molecule has 2 aromatic rings. The maximum atomic E-state index is 12.7. The lowest BCUT2D eigenvalue weighted by atomic mass is 10.2. The zero-order valence-corrected chi connectivity index (χ0v) is 18.7. The first-order valence-corrected chi connectivity index (χ1v) is 11.8. The van der Waals surface area contributed by atoms with Gasteiger partial charge >= 0.3 is 0 Å². The van der Waals surface area contributed by atoms with Crippen LogP contribution in [-0.4, -0.2) is 71.3 Å². The van der Waals surface area contributed by atoms with E-state index in [9.17, 15) is 13.2 Å². The number of carbonyl (C=O) groups excluding carboxylic acids is 1. The highest BCUT2D eigenvalue weighted by Gasteiger charge is 2.26. The highest BCUT2D eigenvalue weighted by molar-refractivity contribution is 7.89. The Morgan fingerprint density at radius 3 is 2.00 bits per heavy atom. The van der Waals surface area contributed by atoms with Crippen molar-refractivity contribution < 1.29 is 22.7 Å². The fourth-order valence-corrected chi connectivity index (χ4v) is 4.93. The Balaban J connectivity index is 1.42. The quantitative estimate of drug-likeness (QED) is 0.592. The Labute approximate surface area is 183 Å². The number of methoxy groups -OCH3 is 2. The maximum Gasteiger partial charge on any atom is 0.251 e. The third-order valence-corrected chi connectivity index (χ3v) is 7.24. The van der Waals surface area contributed by atoms with Crippen molar-refractivity contribution >= 4 is 21.6 Å². The predicted molar refractivity (Wildman–Crippen MR) is 121 cm³/mol. The van der Waals surface area contributed by atoms with Gasteiger partial charge < -0.3 is 19.7 Å². The molecule has 8 nitrogen and oxygen atoms in total. The second-order valence-corrected chi connectivity index (χ2v) is 9.33. The van der Waals surface area contributed by atoms with Gasteiger partial charge in [0, 0.05) is 44.0 Å². The van der Waals surface area contributed by atoms with Gasteiger partial charge in [-0.3, -0.25) is 4.79 Å². The van der Waals surface area contributed by atoms with Crippen LogP contribution in [0.2, 0.25) is 0 Å². The number of rotatable bonds is 9. The van der Waals surface area contributed by atoms with Crippen molar-refractivity contribution in [2.24, 2.45) is 0 Å². The van der Waals surface area contributed by atoms with Crippen molar-refractivity contribution in [3.8, 4) is 11.5 Å². The van der Waals surface area contributed by atoms with E-state index in [-0.39, 0.29) is 11.7 Å². The molecule has 168 valence electrons. The molecule has 0 aliphatic carbocycles. The molecule has 0 unspecified atom stereocenters. The average molecular weight is 448 g/mol. The number of carbonyl (C=O) groups is 1. The summed E-state index contributed by atoms with van der Waals surface area (Å²) >= 11 is 0. The topological polar surface area (TPSA) is 88.2 Å². The van der Waals surface area contributed by atoms with Crippen molar-refractivity contribution in [2.75, 3.05) is 57.6 Å². The van der Waals surface area contributed by atoms with Gasteiger partial charge in [0.2, 0.25) is 10.0 Å². The van der Waals surface area contributed by atoms with E-state index in [2.05, 4.69) is 10.2 Å². The number of benzene rings is 2. The molecule has 1 heterocycles. The molecule has 1 aliphatic heterocycles. The smallest absolute Gasteiger partial charge is 0.251 e. The highest BCUT2D eigenvalue weighted by atomic mass is 32.2. The molecule has 0 atom stereocenters. The van der Waals surface area contributed by atoms with Gasteiger partial charge in [0.1, 0.15) is 11.5 Å². The standard InChI is InChI=1S/C22H29N3O5S/c1-29-20-8-4-18(5-9-20)22(26)23-12-3-17-31(27,28)25-15-13-24(14-16-25)19-6-10-21(30-2)11-7-19/h4-11H,3,12-17H2,1-2H3,(H,23,26). The van der Waals surface area contributed by atoms with Gasteiger partial charge in [0.05, 0.1) is 20.0 Å². The van der Waals surface area contributed by atoms with E-state index in [1.807, 2.05) is 24.3 Å². The van der Waals surface area contributed by atoms with Crippen LogP contribution < -0.4 is 19.7 Å². The fraction of sp³-hybridized carbons (Fsp3) is 0.409. The summed E-state index contributed by atoms with van der Waals surface area (Å²) in [6.07, 6.45) is 0.364. The highest BCUT2D eigenvalue weighted by Crippen LogP contribution is 2.21. The normalized spacial score (nSPS) is 14.8. The van der Waals surface area contributed by atoms with E-state index >= 15 is 0 Å². The zero-order chi connectivity index (χ0) is 22.3. The number of hydrogen-bond acceptors (Lipinski definition) is 6.